The fourth-order valence-corrected chi connectivity index (χ4v) is 2.70. The average molecular weight is 329 g/mol. The highest BCUT2D eigenvalue weighted by Gasteiger charge is 2.10. The van der Waals surface area contributed by atoms with Crippen molar-refractivity contribution in [3.05, 3.63) is 51.7 Å². The maximum absolute atomic E-state index is 11.8. The molecule has 0 bridgehead atoms. The number of benzene rings is 1. The summed E-state index contributed by atoms with van der Waals surface area (Å²) in [6.45, 7) is 0.401. The molecule has 118 valence electrons. The van der Waals surface area contributed by atoms with E-state index in [0.29, 0.717) is 29.1 Å². The Morgan fingerprint density at radius 2 is 2.13 bits per heavy atom. The SMILES string of the molecule is COC(=O)c1cc(NC(=O)NCCc2ccccc2C#N)cs1. The number of esters is 1. The molecule has 0 radical (unpaired) electrons. The molecular weight excluding hydrogens is 314 g/mol. The molecule has 0 unspecified atom stereocenters. The Hall–Kier alpha value is -2.85. The lowest BCUT2D eigenvalue weighted by Gasteiger charge is -2.07. The number of rotatable bonds is 5. The van der Waals surface area contributed by atoms with Gasteiger partial charge in [-0.3, -0.25) is 0 Å². The lowest BCUT2D eigenvalue weighted by molar-refractivity contribution is 0.0606. The standard InChI is InChI=1S/C16H15N3O3S/c1-22-15(20)14-8-13(10-23-14)19-16(21)18-7-6-11-4-2-3-5-12(11)9-17/h2-5,8,10H,6-7H2,1H3,(H2,18,19,21). The second-order valence-corrected chi connectivity index (χ2v) is 5.50. The number of carbonyl (C=O) groups excluding carboxylic acids is 2. The monoisotopic (exact) mass is 329 g/mol. The summed E-state index contributed by atoms with van der Waals surface area (Å²) in [4.78, 5) is 23.6. The number of nitriles is 1. The van der Waals surface area contributed by atoms with Gasteiger partial charge < -0.3 is 15.4 Å². The van der Waals surface area contributed by atoms with E-state index in [1.807, 2.05) is 12.1 Å². The molecule has 0 saturated heterocycles. The summed E-state index contributed by atoms with van der Waals surface area (Å²) in [5.41, 5.74) is 2.03. The fourth-order valence-electron chi connectivity index (χ4n) is 1.94. The van der Waals surface area contributed by atoms with E-state index in [4.69, 9.17) is 5.26 Å². The molecule has 6 nitrogen and oxygen atoms in total. The van der Waals surface area contributed by atoms with Crippen LogP contribution < -0.4 is 10.6 Å². The number of thiophene rings is 1. The number of hydrogen-bond donors (Lipinski definition) is 2. The first-order valence-corrected chi connectivity index (χ1v) is 7.71. The van der Waals surface area contributed by atoms with Crippen LogP contribution in [0, 0.1) is 11.3 Å². The Morgan fingerprint density at radius 3 is 2.87 bits per heavy atom. The topological polar surface area (TPSA) is 91.2 Å². The first kappa shape index (κ1) is 16.5. The predicted octanol–water partition coefficient (Wildman–Crippen LogP) is 2.77. The molecular formula is C16H15N3O3S. The van der Waals surface area contributed by atoms with E-state index in [-0.39, 0.29) is 6.03 Å². The molecule has 0 aliphatic heterocycles. The summed E-state index contributed by atoms with van der Waals surface area (Å²) in [5.74, 6) is -0.434. The molecule has 0 aliphatic carbocycles. The van der Waals surface area contributed by atoms with Gasteiger partial charge in [0.2, 0.25) is 0 Å². The van der Waals surface area contributed by atoms with Crippen molar-refractivity contribution >= 4 is 29.0 Å². The number of hydrogen-bond acceptors (Lipinski definition) is 5. The van der Waals surface area contributed by atoms with Gasteiger partial charge in [0.1, 0.15) is 4.88 Å². The van der Waals surface area contributed by atoms with Crippen LogP contribution in [0.25, 0.3) is 0 Å². The number of anilines is 1. The summed E-state index contributed by atoms with van der Waals surface area (Å²) < 4.78 is 4.61. The quantitative estimate of drug-likeness (QED) is 0.825. The molecule has 0 saturated carbocycles. The van der Waals surface area contributed by atoms with E-state index in [1.54, 1.807) is 23.6 Å². The Labute approximate surface area is 137 Å². The Bertz CT molecular complexity index is 749. The van der Waals surface area contributed by atoms with Crippen molar-refractivity contribution in [3.63, 3.8) is 0 Å². The van der Waals surface area contributed by atoms with Crippen LogP contribution in [0.15, 0.2) is 35.7 Å². The molecule has 0 atom stereocenters. The smallest absolute Gasteiger partial charge is 0.348 e. The highest BCUT2D eigenvalue weighted by molar-refractivity contribution is 7.12. The molecule has 1 heterocycles. The van der Waals surface area contributed by atoms with Crippen LogP contribution in [0.3, 0.4) is 0 Å². The maximum Gasteiger partial charge on any atom is 0.348 e. The Balaban J connectivity index is 1.83. The van der Waals surface area contributed by atoms with Gasteiger partial charge in [-0.05, 0) is 24.1 Å². The number of nitrogens with one attached hydrogen (secondary N) is 2. The van der Waals surface area contributed by atoms with Gasteiger partial charge >= 0.3 is 12.0 Å². The van der Waals surface area contributed by atoms with Crippen LogP contribution in [0.1, 0.15) is 20.8 Å². The molecule has 2 amide bonds. The van der Waals surface area contributed by atoms with Crippen LogP contribution in [0.2, 0.25) is 0 Å². The minimum atomic E-state index is -0.434. The summed E-state index contributed by atoms with van der Waals surface area (Å²) >= 11 is 1.20. The zero-order valence-electron chi connectivity index (χ0n) is 12.5. The number of carbonyl (C=O) groups is 2. The normalized spacial score (nSPS) is 9.74. The van der Waals surface area contributed by atoms with E-state index in [2.05, 4.69) is 21.4 Å². The second-order valence-electron chi connectivity index (χ2n) is 4.59. The lowest BCUT2D eigenvalue weighted by atomic mass is 10.1. The van der Waals surface area contributed by atoms with Crippen molar-refractivity contribution < 1.29 is 14.3 Å². The van der Waals surface area contributed by atoms with E-state index < -0.39 is 5.97 Å². The van der Waals surface area contributed by atoms with Crippen molar-refractivity contribution in [2.75, 3.05) is 19.0 Å². The van der Waals surface area contributed by atoms with E-state index in [1.165, 1.54) is 18.4 Å². The first-order valence-electron chi connectivity index (χ1n) is 6.83. The van der Waals surface area contributed by atoms with E-state index in [0.717, 1.165) is 5.56 Å². The number of urea groups is 1. The molecule has 1 aromatic heterocycles. The number of methoxy groups -OCH3 is 1. The van der Waals surface area contributed by atoms with Crippen molar-refractivity contribution in [3.8, 4) is 6.07 Å². The van der Waals surface area contributed by atoms with Crippen molar-refractivity contribution in [1.29, 1.82) is 5.26 Å². The van der Waals surface area contributed by atoms with Gasteiger partial charge in [-0.2, -0.15) is 5.26 Å². The van der Waals surface area contributed by atoms with Crippen LogP contribution >= 0.6 is 11.3 Å². The van der Waals surface area contributed by atoms with Gasteiger partial charge in [-0.1, -0.05) is 18.2 Å². The molecule has 1 aromatic carbocycles. The molecule has 23 heavy (non-hydrogen) atoms. The van der Waals surface area contributed by atoms with Gasteiger partial charge in [0.15, 0.2) is 0 Å². The third-order valence-electron chi connectivity index (χ3n) is 3.06. The molecule has 2 N–H and O–H groups in total. The van der Waals surface area contributed by atoms with Crippen LogP contribution in [-0.4, -0.2) is 25.7 Å². The minimum Gasteiger partial charge on any atom is -0.465 e. The van der Waals surface area contributed by atoms with Crippen LogP contribution in [-0.2, 0) is 11.2 Å². The van der Waals surface area contributed by atoms with Gasteiger partial charge in [0.25, 0.3) is 0 Å². The summed E-state index contributed by atoms with van der Waals surface area (Å²) in [6.07, 6.45) is 0.564. The van der Waals surface area contributed by atoms with Gasteiger partial charge in [0, 0.05) is 11.9 Å². The van der Waals surface area contributed by atoms with E-state index >= 15 is 0 Å². The summed E-state index contributed by atoms with van der Waals surface area (Å²) in [5, 5.41) is 16.0. The van der Waals surface area contributed by atoms with Crippen LogP contribution in [0.4, 0.5) is 10.5 Å². The molecule has 0 spiro atoms. The molecule has 2 rings (SSSR count). The molecule has 0 fully saturated rings. The summed E-state index contributed by atoms with van der Waals surface area (Å²) in [7, 11) is 1.31. The molecule has 2 aromatic rings. The van der Waals surface area contributed by atoms with Crippen molar-refractivity contribution in [1.82, 2.24) is 5.32 Å². The largest absolute Gasteiger partial charge is 0.465 e. The number of ether oxygens (including phenoxy) is 1. The number of amides is 2. The Morgan fingerprint density at radius 1 is 1.35 bits per heavy atom. The maximum atomic E-state index is 11.8. The third-order valence-corrected chi connectivity index (χ3v) is 3.97. The predicted molar refractivity (Wildman–Crippen MR) is 87.5 cm³/mol. The van der Waals surface area contributed by atoms with Crippen LogP contribution in [0.5, 0.6) is 0 Å². The van der Waals surface area contributed by atoms with E-state index in [9.17, 15) is 9.59 Å². The first-order chi connectivity index (χ1) is 11.1. The van der Waals surface area contributed by atoms with Gasteiger partial charge in [-0.25, -0.2) is 9.59 Å². The van der Waals surface area contributed by atoms with Gasteiger partial charge in [0.05, 0.1) is 24.4 Å². The lowest BCUT2D eigenvalue weighted by Crippen LogP contribution is -2.30. The summed E-state index contributed by atoms with van der Waals surface area (Å²) in [6, 6.07) is 10.6. The minimum absolute atomic E-state index is 0.367. The average Bonchev–Trinajstić information content (AvgIpc) is 3.03. The molecule has 7 heteroatoms. The fraction of sp³-hybridized carbons (Fsp3) is 0.188. The third kappa shape index (κ3) is 4.56. The number of nitrogens with zero attached hydrogens (tertiary/aromatic N) is 1. The Kier molecular flexibility index (Phi) is 5.72. The zero-order chi connectivity index (χ0) is 16.7. The second kappa shape index (κ2) is 7.96. The molecule has 0 aliphatic rings. The van der Waals surface area contributed by atoms with Crippen molar-refractivity contribution in [2.24, 2.45) is 0 Å². The highest BCUT2D eigenvalue weighted by Crippen LogP contribution is 2.19. The van der Waals surface area contributed by atoms with Gasteiger partial charge in [-0.15, -0.1) is 11.3 Å². The zero-order valence-corrected chi connectivity index (χ0v) is 13.3. The van der Waals surface area contributed by atoms with Crippen molar-refractivity contribution in [2.45, 2.75) is 6.42 Å². The highest BCUT2D eigenvalue weighted by atomic mass is 32.1.